The lowest BCUT2D eigenvalue weighted by atomic mass is 9.92. The van der Waals surface area contributed by atoms with Crippen molar-refractivity contribution in [1.82, 2.24) is 0 Å². The van der Waals surface area contributed by atoms with Crippen molar-refractivity contribution in [1.29, 1.82) is 0 Å². The van der Waals surface area contributed by atoms with E-state index >= 15 is 0 Å². The summed E-state index contributed by atoms with van der Waals surface area (Å²) in [5.41, 5.74) is 2.51. The molecule has 0 radical (unpaired) electrons. The first kappa shape index (κ1) is 11.4. The molecule has 0 bridgehead atoms. The molecular weight excluding hydrogens is 220 g/mol. The fourth-order valence-electron chi connectivity index (χ4n) is 2.40. The number of hydrogen-bond acceptors (Lipinski definition) is 2. The van der Waals surface area contributed by atoms with Gasteiger partial charge in [-0.2, -0.15) is 0 Å². The van der Waals surface area contributed by atoms with Crippen molar-refractivity contribution in [2.75, 3.05) is 0 Å². The van der Waals surface area contributed by atoms with Crippen LogP contribution in [0, 0.1) is 0 Å². The average Bonchev–Trinajstić information content (AvgIpc) is 2.52. The molecule has 2 N–H and O–H groups in total. The highest BCUT2D eigenvalue weighted by atomic mass is 16.4. The number of rotatable bonds is 3. The van der Waals surface area contributed by atoms with Crippen LogP contribution in [0.4, 0.5) is 0 Å². The van der Waals surface area contributed by atoms with E-state index in [0.29, 0.717) is 5.57 Å². The van der Waals surface area contributed by atoms with Crippen LogP contribution in [0.5, 0.6) is 0 Å². The second-order valence-electron chi connectivity index (χ2n) is 4.08. The second kappa shape index (κ2) is 4.05. The number of hydrogen-bond donors (Lipinski definition) is 2. The zero-order valence-electron chi connectivity index (χ0n) is 9.30. The molecule has 0 saturated heterocycles. The maximum atomic E-state index is 11.2. The Labute approximate surface area is 98.2 Å². The minimum Gasteiger partial charge on any atom is -0.481 e. The van der Waals surface area contributed by atoms with Crippen LogP contribution in [0.3, 0.4) is 0 Å². The van der Waals surface area contributed by atoms with Crippen LogP contribution in [-0.4, -0.2) is 22.2 Å². The van der Waals surface area contributed by atoms with E-state index < -0.39 is 17.9 Å². The molecule has 4 nitrogen and oxygen atoms in total. The van der Waals surface area contributed by atoms with Crippen molar-refractivity contribution < 1.29 is 19.8 Å². The third-order valence-electron chi connectivity index (χ3n) is 3.10. The molecule has 0 aromatic heterocycles. The zero-order valence-corrected chi connectivity index (χ0v) is 9.30. The van der Waals surface area contributed by atoms with Crippen LogP contribution in [0.1, 0.15) is 30.4 Å². The number of carboxylic acid groups (broad SMARTS) is 2. The van der Waals surface area contributed by atoms with Gasteiger partial charge in [0.2, 0.25) is 0 Å². The van der Waals surface area contributed by atoms with Gasteiger partial charge in [0.15, 0.2) is 0 Å². The summed E-state index contributed by atoms with van der Waals surface area (Å²) in [6.07, 6.45) is -0.185. The van der Waals surface area contributed by atoms with E-state index in [0.717, 1.165) is 11.1 Å². The van der Waals surface area contributed by atoms with E-state index in [-0.39, 0.29) is 12.0 Å². The molecule has 88 valence electrons. The monoisotopic (exact) mass is 232 g/mol. The third-order valence-corrected chi connectivity index (χ3v) is 3.10. The van der Waals surface area contributed by atoms with Gasteiger partial charge in [0, 0.05) is 11.5 Å². The number of benzene rings is 1. The van der Waals surface area contributed by atoms with Crippen LogP contribution in [-0.2, 0) is 9.59 Å². The summed E-state index contributed by atoms with van der Waals surface area (Å²) in [6.45, 7) is 1.73. The Bertz CT molecular complexity index is 528. The Kier molecular flexibility index (Phi) is 2.71. The summed E-state index contributed by atoms with van der Waals surface area (Å²) in [7, 11) is 0. The number of fused-ring (bicyclic) bond motifs is 1. The van der Waals surface area contributed by atoms with Gasteiger partial charge in [0.05, 0.1) is 6.42 Å². The van der Waals surface area contributed by atoms with Gasteiger partial charge in [-0.1, -0.05) is 24.3 Å². The van der Waals surface area contributed by atoms with Gasteiger partial charge in [-0.05, 0) is 23.6 Å². The van der Waals surface area contributed by atoms with Crippen molar-refractivity contribution in [3.63, 3.8) is 0 Å². The van der Waals surface area contributed by atoms with Crippen LogP contribution in [0.15, 0.2) is 29.8 Å². The fourth-order valence-corrected chi connectivity index (χ4v) is 2.40. The van der Waals surface area contributed by atoms with Crippen LogP contribution in [0.2, 0.25) is 0 Å². The number of allylic oxidation sites excluding steroid dienone is 1. The maximum absolute atomic E-state index is 11.2. The molecule has 1 aliphatic carbocycles. The Morgan fingerprint density at radius 3 is 2.47 bits per heavy atom. The van der Waals surface area contributed by atoms with Gasteiger partial charge in [-0.15, -0.1) is 0 Å². The molecule has 2 rings (SSSR count). The summed E-state index contributed by atoms with van der Waals surface area (Å²) in [5.74, 6) is -2.57. The second-order valence-corrected chi connectivity index (χ2v) is 4.08. The van der Waals surface area contributed by atoms with Gasteiger partial charge in [0.25, 0.3) is 0 Å². The minimum absolute atomic E-state index is 0.185. The Balaban J connectivity index is 2.55. The first-order valence-electron chi connectivity index (χ1n) is 5.27. The summed E-state index contributed by atoms with van der Waals surface area (Å²) in [5, 5.41) is 18.1. The summed E-state index contributed by atoms with van der Waals surface area (Å²) < 4.78 is 0. The highest BCUT2D eigenvalue weighted by Crippen LogP contribution is 2.43. The normalized spacial score (nSPS) is 18.1. The van der Waals surface area contributed by atoms with Crippen molar-refractivity contribution in [3.05, 3.63) is 41.0 Å². The smallest absolute Gasteiger partial charge is 0.332 e. The van der Waals surface area contributed by atoms with Crippen LogP contribution >= 0.6 is 0 Å². The van der Waals surface area contributed by atoms with E-state index in [9.17, 15) is 14.7 Å². The number of carbonyl (C=O) groups is 2. The summed E-state index contributed by atoms with van der Waals surface area (Å²) in [6, 6.07) is 7.24. The number of carboxylic acids is 2. The van der Waals surface area contributed by atoms with E-state index in [1.165, 1.54) is 0 Å². The molecule has 1 unspecified atom stereocenters. The van der Waals surface area contributed by atoms with Crippen molar-refractivity contribution >= 4 is 17.5 Å². The molecule has 17 heavy (non-hydrogen) atoms. The molecule has 0 aliphatic heterocycles. The quantitative estimate of drug-likeness (QED) is 0.837. The Morgan fingerprint density at radius 2 is 1.88 bits per heavy atom. The van der Waals surface area contributed by atoms with E-state index in [2.05, 4.69) is 0 Å². The zero-order chi connectivity index (χ0) is 12.6. The molecule has 1 aromatic carbocycles. The summed E-state index contributed by atoms with van der Waals surface area (Å²) in [4.78, 5) is 22.0. The molecule has 0 amide bonds. The Morgan fingerprint density at radius 1 is 1.24 bits per heavy atom. The van der Waals surface area contributed by atoms with Gasteiger partial charge in [-0.25, -0.2) is 4.79 Å². The number of aliphatic carboxylic acids is 2. The predicted octanol–water partition coefficient (Wildman–Crippen LogP) is 2.12. The fraction of sp³-hybridized carbons (Fsp3) is 0.231. The molecule has 1 aliphatic rings. The van der Waals surface area contributed by atoms with Crippen molar-refractivity contribution in [3.8, 4) is 0 Å². The summed E-state index contributed by atoms with van der Waals surface area (Å²) >= 11 is 0. The highest BCUT2D eigenvalue weighted by Gasteiger charge is 2.34. The molecular formula is C13H12O4. The molecule has 0 spiro atoms. The van der Waals surface area contributed by atoms with Gasteiger partial charge in [-0.3, -0.25) is 4.79 Å². The first-order valence-corrected chi connectivity index (χ1v) is 5.27. The maximum Gasteiger partial charge on any atom is 0.332 e. The molecule has 4 heteroatoms. The van der Waals surface area contributed by atoms with E-state index in [1.807, 2.05) is 12.1 Å². The van der Waals surface area contributed by atoms with E-state index in [1.54, 1.807) is 19.1 Å². The van der Waals surface area contributed by atoms with Crippen LogP contribution < -0.4 is 0 Å². The molecule has 0 saturated carbocycles. The highest BCUT2D eigenvalue weighted by molar-refractivity contribution is 6.01. The van der Waals surface area contributed by atoms with Crippen LogP contribution in [0.25, 0.3) is 5.57 Å². The van der Waals surface area contributed by atoms with E-state index in [4.69, 9.17) is 5.11 Å². The topological polar surface area (TPSA) is 74.6 Å². The minimum atomic E-state index is -1.04. The molecule has 0 heterocycles. The lowest BCUT2D eigenvalue weighted by Crippen LogP contribution is -2.12. The third kappa shape index (κ3) is 1.82. The lowest BCUT2D eigenvalue weighted by molar-refractivity contribution is -0.137. The predicted molar refractivity (Wildman–Crippen MR) is 61.7 cm³/mol. The average molecular weight is 232 g/mol. The molecule has 1 atom stereocenters. The molecule has 1 aromatic rings. The van der Waals surface area contributed by atoms with Crippen molar-refractivity contribution in [2.45, 2.75) is 19.3 Å². The Hall–Kier alpha value is -2.10. The SMILES string of the molecule is CC1=C(C(=O)O)C(CC(=O)O)c2ccccc21. The standard InChI is InChI=1S/C13H12O4/c1-7-8-4-2-3-5-9(8)10(6-11(14)15)12(7)13(16)17/h2-5,10H,6H2,1H3,(H,14,15)(H,16,17). The van der Waals surface area contributed by atoms with Crippen molar-refractivity contribution in [2.24, 2.45) is 0 Å². The first-order chi connectivity index (χ1) is 8.02. The van der Waals surface area contributed by atoms with Gasteiger partial charge < -0.3 is 10.2 Å². The lowest BCUT2D eigenvalue weighted by Gasteiger charge is -2.11. The van der Waals surface area contributed by atoms with Gasteiger partial charge in [0.1, 0.15) is 0 Å². The molecule has 0 fully saturated rings. The largest absolute Gasteiger partial charge is 0.481 e. The van der Waals surface area contributed by atoms with Gasteiger partial charge >= 0.3 is 11.9 Å².